The number of rotatable bonds is 4. The molecule has 3 atom stereocenters. The molecule has 0 bridgehead atoms. The Kier molecular flexibility index (Phi) is 6.30. The molecule has 27 heavy (non-hydrogen) atoms. The Balaban J connectivity index is 1.22. The number of morpholine rings is 1. The lowest BCUT2D eigenvalue weighted by Crippen LogP contribution is -2.47. The first-order valence-electron chi connectivity index (χ1n) is 10.8. The lowest BCUT2D eigenvalue weighted by Gasteiger charge is -2.31. The lowest BCUT2D eigenvalue weighted by molar-refractivity contribution is -0.149. The van der Waals surface area contributed by atoms with Crippen LogP contribution in [0.15, 0.2) is 0 Å². The standard InChI is InChI=1S/C20H33N3O4/c24-19(21-15-8-9-23(14-15)16-4-2-1-3-5-16)17-6-7-18(27-17)20(25)22-10-12-26-13-11-22/h15-18H,1-14H2,(H,21,24)/t15?,17-,18+/m0/s1. The Morgan fingerprint density at radius 3 is 2.37 bits per heavy atom. The number of carbonyl (C=O) groups is 2. The third-order valence-electron chi connectivity index (χ3n) is 6.57. The molecule has 7 nitrogen and oxygen atoms in total. The Labute approximate surface area is 161 Å². The minimum atomic E-state index is -0.483. The molecule has 1 saturated carbocycles. The molecule has 2 amide bonds. The fraction of sp³-hybridized carbons (Fsp3) is 0.900. The summed E-state index contributed by atoms with van der Waals surface area (Å²) in [6, 6.07) is 0.927. The Bertz CT molecular complexity index is 531. The van der Waals surface area contributed by atoms with Crippen LogP contribution >= 0.6 is 0 Å². The van der Waals surface area contributed by atoms with Crippen LogP contribution < -0.4 is 5.32 Å². The van der Waals surface area contributed by atoms with Crippen LogP contribution in [0.5, 0.6) is 0 Å². The van der Waals surface area contributed by atoms with E-state index in [2.05, 4.69) is 10.2 Å². The molecule has 152 valence electrons. The van der Waals surface area contributed by atoms with Crippen LogP contribution in [0.25, 0.3) is 0 Å². The number of nitrogens with one attached hydrogen (secondary N) is 1. The lowest BCUT2D eigenvalue weighted by atomic mass is 9.94. The first-order valence-corrected chi connectivity index (χ1v) is 10.8. The highest BCUT2D eigenvalue weighted by atomic mass is 16.5. The van der Waals surface area contributed by atoms with Gasteiger partial charge in [-0.15, -0.1) is 0 Å². The van der Waals surface area contributed by atoms with Crippen LogP contribution in [0.1, 0.15) is 51.4 Å². The van der Waals surface area contributed by atoms with Gasteiger partial charge in [0.2, 0.25) is 5.91 Å². The van der Waals surface area contributed by atoms with Gasteiger partial charge in [0.05, 0.1) is 13.2 Å². The number of amides is 2. The second-order valence-corrected chi connectivity index (χ2v) is 8.41. The summed E-state index contributed by atoms with van der Waals surface area (Å²) in [4.78, 5) is 29.5. The third-order valence-corrected chi connectivity index (χ3v) is 6.57. The number of ether oxygens (including phenoxy) is 2. The van der Waals surface area contributed by atoms with Gasteiger partial charge in [-0.2, -0.15) is 0 Å². The van der Waals surface area contributed by atoms with Crippen molar-refractivity contribution in [1.82, 2.24) is 15.1 Å². The van der Waals surface area contributed by atoms with E-state index in [9.17, 15) is 9.59 Å². The molecule has 0 spiro atoms. The average molecular weight is 380 g/mol. The molecular formula is C20H33N3O4. The summed E-state index contributed by atoms with van der Waals surface area (Å²) in [6.45, 7) is 4.45. The van der Waals surface area contributed by atoms with Crippen LogP contribution in [0.4, 0.5) is 0 Å². The van der Waals surface area contributed by atoms with Gasteiger partial charge in [0.15, 0.2) is 0 Å². The Morgan fingerprint density at radius 1 is 0.852 bits per heavy atom. The highest BCUT2D eigenvalue weighted by Crippen LogP contribution is 2.26. The SMILES string of the molecule is O=C(NC1CCN(C2CCCCC2)C1)[C@@H]1CC[C@H](C(=O)N2CCOCC2)O1. The smallest absolute Gasteiger partial charge is 0.251 e. The van der Waals surface area contributed by atoms with Crippen molar-refractivity contribution in [3.8, 4) is 0 Å². The van der Waals surface area contributed by atoms with Crippen molar-refractivity contribution in [3.05, 3.63) is 0 Å². The quantitative estimate of drug-likeness (QED) is 0.786. The van der Waals surface area contributed by atoms with E-state index in [4.69, 9.17) is 9.47 Å². The van der Waals surface area contributed by atoms with E-state index in [1.54, 1.807) is 4.90 Å². The van der Waals surface area contributed by atoms with Crippen molar-refractivity contribution in [2.24, 2.45) is 0 Å². The van der Waals surface area contributed by atoms with Crippen molar-refractivity contribution in [3.63, 3.8) is 0 Å². The van der Waals surface area contributed by atoms with Crippen LogP contribution in [0.3, 0.4) is 0 Å². The molecule has 0 aromatic rings. The van der Waals surface area contributed by atoms with Crippen molar-refractivity contribution >= 4 is 11.8 Å². The maximum absolute atomic E-state index is 12.6. The molecule has 3 saturated heterocycles. The second kappa shape index (κ2) is 8.88. The van der Waals surface area contributed by atoms with Gasteiger partial charge in [-0.25, -0.2) is 0 Å². The summed E-state index contributed by atoms with van der Waals surface area (Å²) >= 11 is 0. The molecule has 0 radical (unpaired) electrons. The van der Waals surface area contributed by atoms with Gasteiger partial charge in [-0.05, 0) is 32.1 Å². The zero-order valence-electron chi connectivity index (χ0n) is 16.2. The molecule has 3 aliphatic heterocycles. The van der Waals surface area contributed by atoms with Crippen LogP contribution in [0.2, 0.25) is 0 Å². The number of hydrogen-bond donors (Lipinski definition) is 1. The maximum atomic E-state index is 12.6. The van der Waals surface area contributed by atoms with Crippen molar-refractivity contribution in [2.45, 2.75) is 75.7 Å². The molecule has 1 N–H and O–H groups in total. The molecule has 1 aliphatic carbocycles. The molecule has 4 rings (SSSR count). The van der Waals surface area contributed by atoms with E-state index < -0.39 is 12.2 Å². The minimum absolute atomic E-state index is 0.0120. The predicted octanol–water partition coefficient (Wildman–Crippen LogP) is 0.916. The van der Waals surface area contributed by atoms with Crippen molar-refractivity contribution in [1.29, 1.82) is 0 Å². The molecular weight excluding hydrogens is 346 g/mol. The zero-order valence-corrected chi connectivity index (χ0v) is 16.2. The van der Waals surface area contributed by atoms with E-state index in [0.717, 1.165) is 19.5 Å². The number of hydrogen-bond acceptors (Lipinski definition) is 5. The molecule has 0 aromatic heterocycles. The fourth-order valence-electron chi connectivity index (χ4n) is 4.98. The highest BCUT2D eigenvalue weighted by Gasteiger charge is 2.38. The minimum Gasteiger partial charge on any atom is -0.378 e. The van der Waals surface area contributed by atoms with Gasteiger partial charge >= 0.3 is 0 Å². The van der Waals surface area contributed by atoms with E-state index in [1.165, 1.54) is 32.1 Å². The van der Waals surface area contributed by atoms with E-state index in [0.29, 0.717) is 45.2 Å². The summed E-state index contributed by atoms with van der Waals surface area (Å²) in [7, 11) is 0. The maximum Gasteiger partial charge on any atom is 0.251 e. The van der Waals surface area contributed by atoms with Gasteiger partial charge in [-0.3, -0.25) is 14.5 Å². The Morgan fingerprint density at radius 2 is 1.59 bits per heavy atom. The predicted molar refractivity (Wildman–Crippen MR) is 100 cm³/mol. The number of nitrogens with zero attached hydrogens (tertiary/aromatic N) is 2. The monoisotopic (exact) mass is 379 g/mol. The van der Waals surface area contributed by atoms with Crippen LogP contribution in [-0.4, -0.2) is 85.3 Å². The summed E-state index contributed by atoms with van der Waals surface area (Å²) in [6.07, 6.45) is 7.98. The van der Waals surface area contributed by atoms with Gasteiger partial charge in [0.1, 0.15) is 12.2 Å². The molecule has 4 fully saturated rings. The molecule has 0 aromatic carbocycles. The summed E-state index contributed by atoms with van der Waals surface area (Å²) in [5.74, 6) is -0.0271. The van der Waals surface area contributed by atoms with Crippen molar-refractivity contribution in [2.75, 3.05) is 39.4 Å². The molecule has 7 heteroatoms. The van der Waals surface area contributed by atoms with Gasteiger partial charge < -0.3 is 19.7 Å². The van der Waals surface area contributed by atoms with Gasteiger partial charge in [0.25, 0.3) is 5.91 Å². The largest absolute Gasteiger partial charge is 0.378 e. The number of likely N-dealkylation sites (tertiary alicyclic amines) is 1. The first-order chi connectivity index (χ1) is 13.2. The topological polar surface area (TPSA) is 71.1 Å². The summed E-state index contributed by atoms with van der Waals surface area (Å²) in [5.41, 5.74) is 0. The summed E-state index contributed by atoms with van der Waals surface area (Å²) < 4.78 is 11.1. The molecule has 3 heterocycles. The second-order valence-electron chi connectivity index (χ2n) is 8.41. The van der Waals surface area contributed by atoms with Crippen LogP contribution in [0, 0.1) is 0 Å². The van der Waals surface area contributed by atoms with Crippen LogP contribution in [-0.2, 0) is 19.1 Å². The van der Waals surface area contributed by atoms with E-state index in [1.807, 2.05) is 0 Å². The molecule has 4 aliphatic rings. The van der Waals surface area contributed by atoms with Crippen molar-refractivity contribution < 1.29 is 19.1 Å². The zero-order chi connectivity index (χ0) is 18.6. The summed E-state index contributed by atoms with van der Waals surface area (Å²) in [5, 5.41) is 3.18. The average Bonchev–Trinajstić information content (AvgIpc) is 3.39. The normalized spacial score (nSPS) is 33.3. The molecule has 1 unspecified atom stereocenters. The highest BCUT2D eigenvalue weighted by molar-refractivity contribution is 5.85. The third kappa shape index (κ3) is 4.63. The van der Waals surface area contributed by atoms with E-state index in [-0.39, 0.29) is 17.9 Å². The Hall–Kier alpha value is -1.18. The van der Waals surface area contributed by atoms with Gasteiger partial charge in [0, 0.05) is 38.3 Å². The fourth-order valence-corrected chi connectivity index (χ4v) is 4.98. The van der Waals surface area contributed by atoms with Gasteiger partial charge in [-0.1, -0.05) is 19.3 Å². The first kappa shape index (κ1) is 19.2. The van der Waals surface area contributed by atoms with E-state index >= 15 is 0 Å². The number of carbonyl (C=O) groups excluding carboxylic acids is 2.